The Morgan fingerprint density at radius 2 is 1.67 bits per heavy atom. The molecule has 0 aliphatic rings. The minimum atomic E-state index is -1.56. The number of carbonyl (C=O) groups is 2. The maximum absolute atomic E-state index is 10.1. The number of carboxylic acids is 2. The van der Waals surface area contributed by atoms with Crippen molar-refractivity contribution in [2.45, 2.75) is 26.2 Å². The number of hydrogen-bond donors (Lipinski definition) is 0. The number of carbonyl (C=O) groups excluding carboxylic acids is 2. The Morgan fingerprint density at radius 1 is 1.25 bits per heavy atom. The van der Waals surface area contributed by atoms with Crippen LogP contribution in [0.5, 0.6) is 0 Å². The molecule has 0 atom stereocenters. The molecule has 0 aromatic carbocycles. The van der Waals surface area contributed by atoms with Crippen molar-refractivity contribution >= 4 is 35.0 Å². The van der Waals surface area contributed by atoms with Crippen molar-refractivity contribution in [1.29, 1.82) is 0 Å². The van der Waals surface area contributed by atoms with E-state index in [1.807, 2.05) is 6.92 Å². The van der Waals surface area contributed by atoms with E-state index in [9.17, 15) is 19.8 Å². The van der Waals surface area contributed by atoms with Gasteiger partial charge in [-0.2, -0.15) is 0 Å². The summed E-state index contributed by atoms with van der Waals surface area (Å²) < 4.78 is 0. The molecule has 4 nitrogen and oxygen atoms in total. The molecule has 0 bridgehead atoms. The summed E-state index contributed by atoms with van der Waals surface area (Å²) in [5.41, 5.74) is 0. The number of carboxylic acid groups (broad SMARTS) is 2. The van der Waals surface area contributed by atoms with Crippen LogP contribution in [0.2, 0.25) is 0 Å². The summed E-state index contributed by atoms with van der Waals surface area (Å²) in [6.07, 6.45) is 1.42. The first kappa shape index (κ1) is 14.2. The normalized spacial score (nSPS) is 9.17. The fourth-order valence-electron chi connectivity index (χ4n) is 0.740. The minimum Gasteiger partial charge on any atom is -0.549 e. The number of unbranched alkanes of at least 4 members (excludes halogenated alkanes) is 1. The van der Waals surface area contributed by atoms with E-state index in [1.165, 1.54) is 0 Å². The molecule has 0 unspecified atom stereocenters. The van der Waals surface area contributed by atoms with Gasteiger partial charge in [-0.3, -0.25) is 0 Å². The van der Waals surface area contributed by atoms with Gasteiger partial charge in [0.1, 0.15) is 0 Å². The van der Waals surface area contributed by atoms with Crippen LogP contribution in [-0.4, -0.2) is 35.0 Å². The summed E-state index contributed by atoms with van der Waals surface area (Å²) in [5.74, 6) is -4.56. The summed E-state index contributed by atoms with van der Waals surface area (Å²) in [4.78, 5) is 20.2. The Balaban J connectivity index is 0. The van der Waals surface area contributed by atoms with Gasteiger partial charge in [-0.1, -0.05) is 19.8 Å². The summed E-state index contributed by atoms with van der Waals surface area (Å²) in [7, 11) is 0. The van der Waals surface area contributed by atoms with Crippen LogP contribution in [0.15, 0.2) is 0 Å². The van der Waals surface area contributed by atoms with Gasteiger partial charge in [0, 0.05) is 5.92 Å². The average Bonchev–Trinajstić information content (AvgIpc) is 1.87. The molecule has 5 heteroatoms. The van der Waals surface area contributed by atoms with Gasteiger partial charge in [0.25, 0.3) is 0 Å². The topological polar surface area (TPSA) is 80.3 Å². The zero-order valence-corrected chi connectivity index (χ0v) is 8.45. The molecule has 0 saturated heterocycles. The van der Waals surface area contributed by atoms with E-state index in [2.05, 4.69) is 0 Å². The Kier molecular flexibility index (Phi) is 8.74. The second kappa shape index (κ2) is 7.36. The zero-order valence-electron chi connectivity index (χ0n) is 7.04. The van der Waals surface area contributed by atoms with Crippen LogP contribution >= 0.6 is 0 Å². The third-order valence-electron chi connectivity index (χ3n) is 1.42. The van der Waals surface area contributed by atoms with Crippen molar-refractivity contribution in [2.75, 3.05) is 0 Å². The van der Waals surface area contributed by atoms with Gasteiger partial charge in [0.05, 0.1) is 11.9 Å². The molecule has 0 saturated carbocycles. The van der Waals surface area contributed by atoms with Gasteiger partial charge in [-0.05, 0) is 6.42 Å². The number of aliphatic carboxylic acids is 2. The van der Waals surface area contributed by atoms with Crippen molar-refractivity contribution < 1.29 is 19.8 Å². The van der Waals surface area contributed by atoms with E-state index < -0.39 is 17.9 Å². The fraction of sp³-hybridized carbons (Fsp3) is 0.714. The Bertz CT molecular complexity index is 143. The Hall–Kier alpha value is -0.294. The van der Waals surface area contributed by atoms with Gasteiger partial charge in [-0.25, -0.2) is 0 Å². The molecule has 0 aromatic heterocycles. The minimum absolute atomic E-state index is 0. The van der Waals surface area contributed by atoms with Gasteiger partial charge in [0.2, 0.25) is 0 Å². The largest absolute Gasteiger partial charge is 2.00 e. The fourth-order valence-corrected chi connectivity index (χ4v) is 0.740. The van der Waals surface area contributed by atoms with Crippen LogP contribution in [-0.2, 0) is 9.59 Å². The predicted octanol–water partition coefficient (Wildman–Crippen LogP) is -2.09. The second-order valence-electron chi connectivity index (χ2n) is 2.33. The van der Waals surface area contributed by atoms with Gasteiger partial charge >= 0.3 is 23.1 Å². The van der Waals surface area contributed by atoms with Crippen molar-refractivity contribution in [2.24, 2.45) is 5.92 Å². The number of hydrogen-bond acceptors (Lipinski definition) is 4. The van der Waals surface area contributed by atoms with Gasteiger partial charge in [-0.15, -0.1) is 0 Å². The summed E-state index contributed by atoms with van der Waals surface area (Å²) in [5, 5.41) is 20.2. The Morgan fingerprint density at radius 3 is 1.92 bits per heavy atom. The van der Waals surface area contributed by atoms with Crippen LogP contribution in [0.4, 0.5) is 0 Å². The molecule has 0 amide bonds. The third kappa shape index (κ3) is 5.37. The van der Waals surface area contributed by atoms with Crippen molar-refractivity contribution in [1.82, 2.24) is 0 Å². The first-order valence-electron chi connectivity index (χ1n) is 3.51. The molecule has 0 rings (SSSR count). The molecule has 0 aliphatic heterocycles. The SMILES string of the molecule is CCCCC(C(=O)[O-])C(=O)[O-].[Mg+2]. The molecule has 0 aromatic rings. The van der Waals surface area contributed by atoms with E-state index in [0.29, 0.717) is 6.42 Å². The van der Waals surface area contributed by atoms with E-state index in [0.717, 1.165) is 6.42 Å². The molecule has 0 heterocycles. The maximum atomic E-state index is 10.1. The quantitative estimate of drug-likeness (QED) is 0.361. The van der Waals surface area contributed by atoms with Crippen molar-refractivity contribution in [3.63, 3.8) is 0 Å². The summed E-state index contributed by atoms with van der Waals surface area (Å²) >= 11 is 0. The molecule has 0 N–H and O–H groups in total. The molecule has 64 valence electrons. The molecular weight excluding hydrogens is 172 g/mol. The molecule has 0 aliphatic carbocycles. The van der Waals surface area contributed by atoms with E-state index in [1.54, 1.807) is 0 Å². The van der Waals surface area contributed by atoms with Gasteiger partial charge < -0.3 is 19.8 Å². The first-order chi connectivity index (χ1) is 5.09. The van der Waals surface area contributed by atoms with E-state index in [-0.39, 0.29) is 29.5 Å². The van der Waals surface area contributed by atoms with E-state index in [4.69, 9.17) is 0 Å². The molecular formula is C7H10MgO4. The second-order valence-corrected chi connectivity index (χ2v) is 2.33. The van der Waals surface area contributed by atoms with Gasteiger partial charge in [0.15, 0.2) is 0 Å². The van der Waals surface area contributed by atoms with Crippen LogP contribution in [0, 0.1) is 5.92 Å². The maximum Gasteiger partial charge on any atom is 2.00 e. The molecule has 0 spiro atoms. The monoisotopic (exact) mass is 182 g/mol. The predicted molar refractivity (Wildman–Crippen MR) is 38.8 cm³/mol. The molecule has 0 fully saturated rings. The van der Waals surface area contributed by atoms with Crippen LogP contribution < -0.4 is 10.2 Å². The average molecular weight is 182 g/mol. The van der Waals surface area contributed by atoms with Crippen molar-refractivity contribution in [3.05, 3.63) is 0 Å². The van der Waals surface area contributed by atoms with Crippen LogP contribution in [0.25, 0.3) is 0 Å². The van der Waals surface area contributed by atoms with Crippen molar-refractivity contribution in [3.8, 4) is 0 Å². The smallest absolute Gasteiger partial charge is 0.549 e. The summed E-state index contributed by atoms with van der Waals surface area (Å²) in [6.45, 7) is 1.85. The van der Waals surface area contributed by atoms with E-state index >= 15 is 0 Å². The first-order valence-corrected chi connectivity index (χ1v) is 3.51. The summed E-state index contributed by atoms with van der Waals surface area (Å²) in [6, 6.07) is 0. The zero-order chi connectivity index (χ0) is 8.85. The molecule has 12 heavy (non-hydrogen) atoms. The van der Waals surface area contributed by atoms with Crippen LogP contribution in [0.3, 0.4) is 0 Å². The standard InChI is InChI=1S/C7H12O4.Mg/c1-2-3-4-5(6(8)9)7(10)11;/h5H,2-4H2,1H3,(H,8,9)(H,10,11);/q;+2/p-2. The molecule has 0 radical (unpaired) electrons. The number of rotatable bonds is 5. The third-order valence-corrected chi connectivity index (χ3v) is 1.42. The van der Waals surface area contributed by atoms with Crippen LogP contribution in [0.1, 0.15) is 26.2 Å². The Labute approximate surface area is 87.1 Å².